The van der Waals surface area contributed by atoms with Crippen molar-refractivity contribution in [2.45, 2.75) is 0 Å². The summed E-state index contributed by atoms with van der Waals surface area (Å²) in [6, 6.07) is 14.8. The van der Waals surface area contributed by atoms with Gasteiger partial charge in [-0.05, 0) is 65.9 Å². The number of ether oxygens (including phenoxy) is 2. The lowest BCUT2D eigenvalue weighted by molar-refractivity contribution is -0.114. The molecule has 0 bridgehead atoms. The van der Waals surface area contributed by atoms with Gasteiger partial charge in [0.25, 0.3) is 5.91 Å². The van der Waals surface area contributed by atoms with Crippen LogP contribution < -0.4 is 9.47 Å². The number of hydrogen-bond donors (Lipinski definition) is 1. The quantitative estimate of drug-likeness (QED) is 0.298. The van der Waals surface area contributed by atoms with E-state index in [-0.39, 0.29) is 22.2 Å². The Morgan fingerprint density at radius 2 is 2.03 bits per heavy atom. The molecule has 0 saturated heterocycles. The first-order chi connectivity index (χ1) is 17.4. The van der Waals surface area contributed by atoms with Gasteiger partial charge in [-0.2, -0.15) is 15.1 Å². The molecule has 0 aliphatic carbocycles. The number of nitrogens with one attached hydrogen (secondary N) is 1. The Morgan fingerprint density at radius 3 is 2.78 bits per heavy atom. The number of esters is 1. The molecular formula is C25H16ClN5O4S. The maximum atomic E-state index is 12.7. The fraction of sp³-hybridized carbons (Fsp3) is 0.0400. The summed E-state index contributed by atoms with van der Waals surface area (Å²) in [4.78, 5) is 33.3. The predicted octanol–water partition coefficient (Wildman–Crippen LogP) is 4.63. The Kier molecular flexibility index (Phi) is 6.36. The van der Waals surface area contributed by atoms with Gasteiger partial charge in [-0.1, -0.05) is 23.7 Å². The van der Waals surface area contributed by atoms with Gasteiger partial charge in [-0.25, -0.2) is 4.79 Å². The largest absolute Gasteiger partial charge is 0.497 e. The summed E-state index contributed by atoms with van der Waals surface area (Å²) >= 11 is 7.54. The summed E-state index contributed by atoms with van der Waals surface area (Å²) in [5, 5.41) is 15.3. The van der Waals surface area contributed by atoms with Gasteiger partial charge in [-0.3, -0.25) is 15.2 Å². The zero-order valence-electron chi connectivity index (χ0n) is 18.6. The number of hydrogen-bond acceptors (Lipinski definition) is 8. The molecule has 3 aromatic rings. The van der Waals surface area contributed by atoms with E-state index in [4.69, 9.17) is 26.5 Å². The van der Waals surface area contributed by atoms with Crippen LogP contribution >= 0.6 is 23.4 Å². The average Bonchev–Trinajstić information content (AvgIpc) is 3.33. The van der Waals surface area contributed by atoms with Crippen LogP contribution in [0.15, 0.2) is 82.7 Å². The van der Waals surface area contributed by atoms with Crippen molar-refractivity contribution in [3.8, 4) is 11.5 Å². The summed E-state index contributed by atoms with van der Waals surface area (Å²) in [6.45, 7) is 0. The Balaban J connectivity index is 1.36. The minimum Gasteiger partial charge on any atom is -0.497 e. The van der Waals surface area contributed by atoms with Gasteiger partial charge in [0.05, 0.1) is 23.3 Å². The summed E-state index contributed by atoms with van der Waals surface area (Å²) in [7, 11) is 1.51. The van der Waals surface area contributed by atoms with Crippen molar-refractivity contribution in [1.82, 2.24) is 9.99 Å². The van der Waals surface area contributed by atoms with Crippen molar-refractivity contribution in [3.63, 3.8) is 0 Å². The summed E-state index contributed by atoms with van der Waals surface area (Å²) in [5.41, 5.74) is 1.64. The SMILES string of the molecule is COc1cccc(C(=O)Oc2ccc(C=C3C(=N)N4N=C(c5cccnc5)SC4=NC3=O)cc2Cl)c1. The molecule has 1 aromatic heterocycles. The molecule has 0 saturated carbocycles. The number of hydrazone groups is 1. The van der Waals surface area contributed by atoms with Gasteiger partial charge in [0.15, 0.2) is 5.84 Å². The lowest BCUT2D eigenvalue weighted by Crippen LogP contribution is -2.35. The van der Waals surface area contributed by atoms with E-state index in [0.717, 1.165) is 5.56 Å². The number of amides is 1. The van der Waals surface area contributed by atoms with E-state index < -0.39 is 11.9 Å². The topological polar surface area (TPSA) is 117 Å². The second-order valence-corrected chi connectivity index (χ2v) is 8.84. The second-order valence-electron chi connectivity index (χ2n) is 7.48. The first kappa shape index (κ1) is 23.5. The Bertz CT molecular complexity index is 1500. The number of halogens is 1. The lowest BCUT2D eigenvalue weighted by atomic mass is 10.1. The van der Waals surface area contributed by atoms with Crippen molar-refractivity contribution in [3.05, 3.63) is 94.3 Å². The Morgan fingerprint density at radius 1 is 1.17 bits per heavy atom. The van der Waals surface area contributed by atoms with Crippen LogP contribution in [-0.4, -0.2) is 45.0 Å². The van der Waals surface area contributed by atoms with E-state index in [1.165, 1.54) is 42.1 Å². The number of carbonyl (C=O) groups is 2. The van der Waals surface area contributed by atoms with Crippen molar-refractivity contribution < 1.29 is 19.1 Å². The number of fused-ring (bicyclic) bond motifs is 1. The molecule has 5 rings (SSSR count). The van der Waals surface area contributed by atoms with E-state index in [0.29, 0.717) is 27.1 Å². The maximum Gasteiger partial charge on any atom is 0.343 e. The highest BCUT2D eigenvalue weighted by molar-refractivity contribution is 8.27. The molecule has 2 aliphatic rings. The van der Waals surface area contributed by atoms with Crippen LogP contribution in [0, 0.1) is 5.41 Å². The van der Waals surface area contributed by atoms with Gasteiger partial charge in [0.1, 0.15) is 16.5 Å². The standard InChI is InChI=1S/C25H16ClN5O4S/c1-34-17-6-2-4-15(12-17)24(33)35-20-8-7-14(11-19(20)26)10-18-21(27)31-25(29-22(18)32)36-23(30-31)16-5-3-9-28-13-16/h2-13,27H,1H3. The van der Waals surface area contributed by atoms with Crippen LogP contribution in [0.1, 0.15) is 21.5 Å². The summed E-state index contributed by atoms with van der Waals surface area (Å²) in [6.07, 6.45) is 4.79. The lowest BCUT2D eigenvalue weighted by Gasteiger charge is -2.20. The monoisotopic (exact) mass is 517 g/mol. The highest BCUT2D eigenvalue weighted by atomic mass is 35.5. The number of amidine groups is 2. The fourth-order valence-corrected chi connectivity index (χ4v) is 4.47. The van der Waals surface area contributed by atoms with Gasteiger partial charge >= 0.3 is 5.97 Å². The smallest absolute Gasteiger partial charge is 0.343 e. The molecule has 36 heavy (non-hydrogen) atoms. The van der Waals surface area contributed by atoms with Gasteiger partial charge in [0.2, 0.25) is 5.17 Å². The van der Waals surface area contributed by atoms with Crippen LogP contribution in [0.3, 0.4) is 0 Å². The highest BCUT2D eigenvalue weighted by Crippen LogP contribution is 2.32. The first-order valence-corrected chi connectivity index (χ1v) is 11.7. The van der Waals surface area contributed by atoms with Crippen LogP contribution in [0.2, 0.25) is 5.02 Å². The van der Waals surface area contributed by atoms with E-state index in [1.54, 1.807) is 48.8 Å². The number of aromatic nitrogens is 1. The number of nitrogens with zero attached hydrogens (tertiary/aromatic N) is 4. The molecule has 2 aromatic carbocycles. The van der Waals surface area contributed by atoms with Crippen molar-refractivity contribution in [2.24, 2.45) is 10.1 Å². The Hall–Kier alpha value is -4.28. The normalized spacial score (nSPS) is 15.9. The fourth-order valence-electron chi connectivity index (χ4n) is 3.36. The Labute approximate surface area is 214 Å². The molecule has 9 nitrogen and oxygen atoms in total. The molecule has 1 N–H and O–H groups in total. The molecule has 1 amide bonds. The van der Waals surface area contributed by atoms with Crippen molar-refractivity contribution >= 4 is 57.4 Å². The van der Waals surface area contributed by atoms with E-state index in [9.17, 15) is 9.59 Å². The number of thioether (sulfide) groups is 1. The van der Waals surface area contributed by atoms with Crippen LogP contribution in [0.4, 0.5) is 0 Å². The number of aliphatic imine (C=N–C) groups is 1. The minimum absolute atomic E-state index is 0.0488. The third-order valence-corrected chi connectivity index (χ3v) is 6.39. The van der Waals surface area contributed by atoms with E-state index in [1.807, 2.05) is 6.07 Å². The molecule has 11 heteroatoms. The zero-order valence-corrected chi connectivity index (χ0v) is 20.2. The average molecular weight is 518 g/mol. The molecule has 3 heterocycles. The van der Waals surface area contributed by atoms with E-state index in [2.05, 4.69) is 15.1 Å². The molecule has 0 spiro atoms. The van der Waals surface area contributed by atoms with Gasteiger partial charge in [0, 0.05) is 18.0 Å². The van der Waals surface area contributed by atoms with Gasteiger partial charge in [-0.15, -0.1) is 0 Å². The molecule has 0 atom stereocenters. The molecule has 0 fully saturated rings. The molecule has 2 aliphatic heterocycles. The number of rotatable bonds is 5. The maximum absolute atomic E-state index is 12.7. The minimum atomic E-state index is -0.596. The highest BCUT2D eigenvalue weighted by Gasteiger charge is 2.36. The zero-order chi connectivity index (χ0) is 25.2. The molecule has 178 valence electrons. The van der Waals surface area contributed by atoms with Crippen molar-refractivity contribution in [2.75, 3.05) is 7.11 Å². The predicted molar refractivity (Wildman–Crippen MR) is 138 cm³/mol. The van der Waals surface area contributed by atoms with Crippen LogP contribution in [0.5, 0.6) is 11.5 Å². The molecular weight excluding hydrogens is 502 g/mol. The van der Waals surface area contributed by atoms with Crippen LogP contribution in [0.25, 0.3) is 6.08 Å². The first-order valence-electron chi connectivity index (χ1n) is 10.5. The number of benzene rings is 2. The third kappa shape index (κ3) is 4.64. The van der Waals surface area contributed by atoms with Crippen LogP contribution in [-0.2, 0) is 4.79 Å². The number of carbonyl (C=O) groups excluding carboxylic acids is 2. The second kappa shape index (κ2) is 9.76. The molecule has 0 unspecified atom stereocenters. The summed E-state index contributed by atoms with van der Waals surface area (Å²) in [5.74, 6) is -0.594. The third-order valence-electron chi connectivity index (χ3n) is 5.14. The van der Waals surface area contributed by atoms with Gasteiger partial charge < -0.3 is 9.47 Å². The number of pyridine rings is 1. The van der Waals surface area contributed by atoms with E-state index >= 15 is 0 Å². The number of methoxy groups -OCH3 is 1. The molecule has 0 radical (unpaired) electrons. The summed E-state index contributed by atoms with van der Waals surface area (Å²) < 4.78 is 10.5. The van der Waals surface area contributed by atoms with Crippen molar-refractivity contribution in [1.29, 1.82) is 5.41 Å².